The van der Waals surface area contributed by atoms with E-state index >= 15 is 0 Å². The number of nitrogens with two attached hydrogens (primary N) is 1. The average molecular weight is 485 g/mol. The van der Waals surface area contributed by atoms with E-state index < -0.39 is 0 Å². The molecule has 0 spiro atoms. The van der Waals surface area contributed by atoms with Gasteiger partial charge in [-0.25, -0.2) is 4.39 Å². The smallest absolute Gasteiger partial charge is 0.124 e. The van der Waals surface area contributed by atoms with Crippen molar-refractivity contribution in [2.24, 2.45) is 5.73 Å². The molecule has 5 heteroatoms. The first kappa shape index (κ1) is 14.4. The standard InChI is InChI=1S/C13H9Br2FIN/c14-7-1-4-11(15)10(5-7)13(18)9-3-2-8(16)6-12(9)17/h1-6,13H,18H2. The van der Waals surface area contributed by atoms with Crippen LogP contribution < -0.4 is 5.73 Å². The van der Waals surface area contributed by atoms with E-state index in [1.54, 1.807) is 6.07 Å². The summed E-state index contributed by atoms with van der Waals surface area (Å²) in [5.41, 5.74) is 8.14. The van der Waals surface area contributed by atoms with Crippen LogP contribution >= 0.6 is 54.5 Å². The van der Waals surface area contributed by atoms with Crippen LogP contribution in [0.2, 0.25) is 0 Å². The fraction of sp³-hybridized carbons (Fsp3) is 0.0769. The van der Waals surface area contributed by atoms with Gasteiger partial charge in [0.15, 0.2) is 0 Å². The zero-order valence-corrected chi connectivity index (χ0v) is 14.5. The first-order chi connectivity index (χ1) is 8.49. The quantitative estimate of drug-likeness (QED) is 0.596. The lowest BCUT2D eigenvalue weighted by Gasteiger charge is -2.16. The van der Waals surface area contributed by atoms with Crippen molar-refractivity contribution in [3.05, 3.63) is 65.9 Å². The fourth-order valence-corrected chi connectivity index (χ4v) is 3.36. The van der Waals surface area contributed by atoms with Gasteiger partial charge in [-0.15, -0.1) is 0 Å². The minimum Gasteiger partial charge on any atom is -0.320 e. The summed E-state index contributed by atoms with van der Waals surface area (Å²) in [7, 11) is 0. The van der Waals surface area contributed by atoms with Crippen molar-refractivity contribution in [1.29, 1.82) is 0 Å². The Labute approximate surface area is 135 Å². The molecule has 94 valence electrons. The molecule has 2 aromatic carbocycles. The van der Waals surface area contributed by atoms with E-state index in [-0.39, 0.29) is 11.9 Å². The Bertz CT molecular complexity index is 589. The second kappa shape index (κ2) is 5.98. The Balaban J connectivity index is 2.47. The van der Waals surface area contributed by atoms with Crippen molar-refractivity contribution in [3.63, 3.8) is 0 Å². The van der Waals surface area contributed by atoms with Gasteiger partial charge in [0.05, 0.1) is 6.04 Å². The monoisotopic (exact) mass is 483 g/mol. The lowest BCUT2D eigenvalue weighted by molar-refractivity contribution is 0.625. The molecule has 0 aliphatic heterocycles. The summed E-state index contributed by atoms with van der Waals surface area (Å²) in [5, 5.41) is 0. The molecule has 0 aromatic heterocycles. The van der Waals surface area contributed by atoms with Crippen molar-refractivity contribution in [1.82, 2.24) is 0 Å². The Kier molecular flexibility index (Phi) is 4.80. The summed E-state index contributed by atoms with van der Waals surface area (Å²) in [6.07, 6.45) is 0. The Morgan fingerprint density at radius 1 is 1.06 bits per heavy atom. The molecule has 18 heavy (non-hydrogen) atoms. The number of hydrogen-bond acceptors (Lipinski definition) is 1. The largest absolute Gasteiger partial charge is 0.320 e. The molecule has 1 atom stereocenters. The van der Waals surface area contributed by atoms with E-state index in [4.69, 9.17) is 5.73 Å². The summed E-state index contributed by atoms with van der Waals surface area (Å²) >= 11 is 9.02. The van der Waals surface area contributed by atoms with Crippen molar-refractivity contribution in [3.8, 4) is 0 Å². The third kappa shape index (κ3) is 3.12. The molecule has 0 amide bonds. The highest BCUT2D eigenvalue weighted by Crippen LogP contribution is 2.31. The van der Waals surface area contributed by atoms with Gasteiger partial charge in [0.2, 0.25) is 0 Å². The van der Waals surface area contributed by atoms with Gasteiger partial charge in [-0.3, -0.25) is 0 Å². The Morgan fingerprint density at radius 2 is 1.78 bits per heavy atom. The molecule has 2 rings (SSSR count). The van der Waals surface area contributed by atoms with Crippen molar-refractivity contribution in [2.45, 2.75) is 6.04 Å². The predicted octanol–water partition coefficient (Wildman–Crippen LogP) is 5.00. The van der Waals surface area contributed by atoms with Crippen LogP contribution in [0.4, 0.5) is 4.39 Å². The van der Waals surface area contributed by atoms with E-state index in [0.717, 1.165) is 23.6 Å². The minimum absolute atomic E-state index is 0.247. The van der Waals surface area contributed by atoms with E-state index in [0.29, 0.717) is 0 Å². The van der Waals surface area contributed by atoms with Crippen molar-refractivity contribution in [2.75, 3.05) is 0 Å². The molecule has 0 fully saturated rings. The number of hydrogen-bond donors (Lipinski definition) is 1. The van der Waals surface area contributed by atoms with Gasteiger partial charge in [0.25, 0.3) is 0 Å². The van der Waals surface area contributed by atoms with Crippen LogP contribution in [0.3, 0.4) is 0 Å². The number of rotatable bonds is 2. The maximum Gasteiger partial charge on any atom is 0.124 e. The molecule has 1 unspecified atom stereocenters. The first-order valence-corrected chi connectivity index (χ1v) is 7.81. The molecule has 1 nitrogen and oxygen atoms in total. The zero-order valence-electron chi connectivity index (χ0n) is 9.13. The molecular formula is C13H9Br2FIN. The van der Waals surface area contributed by atoms with E-state index in [1.807, 2.05) is 18.2 Å². The van der Waals surface area contributed by atoms with E-state index in [1.165, 1.54) is 12.1 Å². The predicted molar refractivity (Wildman–Crippen MR) is 87.0 cm³/mol. The molecule has 0 aliphatic carbocycles. The highest BCUT2D eigenvalue weighted by Gasteiger charge is 2.15. The Hall–Kier alpha value is 0.0200. The molecule has 0 saturated carbocycles. The van der Waals surface area contributed by atoms with Gasteiger partial charge in [-0.1, -0.05) is 37.9 Å². The molecule has 0 bridgehead atoms. The van der Waals surface area contributed by atoms with Gasteiger partial charge >= 0.3 is 0 Å². The highest BCUT2D eigenvalue weighted by molar-refractivity contribution is 14.1. The normalized spacial score (nSPS) is 12.5. The van der Waals surface area contributed by atoms with E-state index in [9.17, 15) is 4.39 Å². The fourth-order valence-electron chi connectivity index (χ4n) is 1.67. The second-order valence-corrected chi connectivity index (χ2v) is 6.74. The number of benzene rings is 2. The van der Waals surface area contributed by atoms with Crippen molar-refractivity contribution < 1.29 is 4.39 Å². The van der Waals surface area contributed by atoms with Crippen LogP contribution in [0.5, 0.6) is 0 Å². The second-order valence-electron chi connectivity index (χ2n) is 3.81. The summed E-state index contributed by atoms with van der Waals surface area (Å²) in [4.78, 5) is 0. The lowest BCUT2D eigenvalue weighted by atomic mass is 10.00. The van der Waals surface area contributed by atoms with E-state index in [2.05, 4.69) is 54.5 Å². The van der Waals surface area contributed by atoms with Gasteiger partial charge in [-0.2, -0.15) is 0 Å². The third-order valence-corrected chi connectivity index (χ3v) is 4.74. The topological polar surface area (TPSA) is 26.0 Å². The SMILES string of the molecule is NC(c1cc(Br)ccc1Br)c1ccc(F)cc1I. The summed E-state index contributed by atoms with van der Waals surface area (Å²) < 4.78 is 15.8. The van der Waals surface area contributed by atoms with Crippen molar-refractivity contribution >= 4 is 54.5 Å². The van der Waals surface area contributed by atoms with Crippen LogP contribution in [0, 0.1) is 9.39 Å². The molecule has 0 heterocycles. The summed E-state index contributed by atoms with van der Waals surface area (Å²) in [6.45, 7) is 0. The van der Waals surface area contributed by atoms with Gasteiger partial charge in [0, 0.05) is 12.5 Å². The van der Waals surface area contributed by atoms with Crippen LogP contribution in [0.15, 0.2) is 45.3 Å². The number of halogens is 4. The molecular weight excluding hydrogens is 476 g/mol. The maximum absolute atomic E-state index is 13.1. The van der Waals surface area contributed by atoms with Crippen LogP contribution in [-0.2, 0) is 0 Å². The van der Waals surface area contributed by atoms with Crippen LogP contribution in [-0.4, -0.2) is 0 Å². The first-order valence-electron chi connectivity index (χ1n) is 5.14. The third-order valence-electron chi connectivity index (χ3n) is 2.59. The zero-order chi connectivity index (χ0) is 13.3. The lowest BCUT2D eigenvalue weighted by Crippen LogP contribution is -2.14. The molecule has 2 N–H and O–H groups in total. The average Bonchev–Trinajstić information content (AvgIpc) is 2.31. The summed E-state index contributed by atoms with van der Waals surface area (Å²) in [5.74, 6) is -0.247. The highest BCUT2D eigenvalue weighted by atomic mass is 127. The van der Waals surface area contributed by atoms with Crippen LogP contribution in [0.1, 0.15) is 17.2 Å². The maximum atomic E-state index is 13.1. The molecule has 0 aliphatic rings. The van der Waals surface area contributed by atoms with Gasteiger partial charge < -0.3 is 5.73 Å². The van der Waals surface area contributed by atoms with Gasteiger partial charge in [-0.05, 0) is 64.0 Å². The van der Waals surface area contributed by atoms with Gasteiger partial charge in [0.1, 0.15) is 5.82 Å². The van der Waals surface area contributed by atoms with Crippen LogP contribution in [0.25, 0.3) is 0 Å². The summed E-state index contributed by atoms with van der Waals surface area (Å²) in [6, 6.07) is 10.2. The Morgan fingerprint density at radius 3 is 2.44 bits per heavy atom. The minimum atomic E-state index is -0.288. The molecule has 2 aromatic rings. The molecule has 0 saturated heterocycles. The molecule has 0 radical (unpaired) electrons.